The average Bonchev–Trinajstić information content (AvgIpc) is 2.47. The molecule has 3 nitrogen and oxygen atoms in total. The Balaban J connectivity index is 2.11. The molecular weight excluding hydrogens is 252 g/mol. The zero-order chi connectivity index (χ0) is 14.6. The Morgan fingerprint density at radius 2 is 1.50 bits per heavy atom. The molecule has 0 unspecified atom stereocenters. The van der Waals surface area contributed by atoms with Crippen LogP contribution in [0.5, 0.6) is 5.75 Å². The van der Waals surface area contributed by atoms with Gasteiger partial charge >= 0.3 is 5.97 Å². The Morgan fingerprint density at radius 3 is 2.15 bits per heavy atom. The van der Waals surface area contributed by atoms with Crippen molar-refractivity contribution in [3.8, 4) is 5.75 Å². The molecule has 0 spiro atoms. The van der Waals surface area contributed by atoms with E-state index in [2.05, 4.69) is 6.92 Å². The summed E-state index contributed by atoms with van der Waals surface area (Å²) in [4.78, 5) is 23.2. The molecule has 0 N–H and O–H groups in total. The van der Waals surface area contributed by atoms with Gasteiger partial charge in [0.2, 0.25) is 5.78 Å². The molecule has 1 rings (SSSR count). The van der Waals surface area contributed by atoms with Crippen molar-refractivity contribution < 1.29 is 14.3 Å². The Kier molecular flexibility index (Phi) is 8.36. The number of unbranched alkanes of at least 4 members (excludes halogenated alkanes) is 6. The number of hydrogen-bond acceptors (Lipinski definition) is 3. The molecular formula is C17H24O3. The monoisotopic (exact) mass is 276 g/mol. The largest absolute Gasteiger partial charge is 0.421 e. The zero-order valence-corrected chi connectivity index (χ0v) is 12.3. The van der Waals surface area contributed by atoms with Crippen LogP contribution in [0.2, 0.25) is 0 Å². The number of carbonyl (C=O) groups excluding carboxylic acids is 2. The minimum Gasteiger partial charge on any atom is -0.421 e. The third-order valence-corrected chi connectivity index (χ3v) is 3.19. The molecule has 0 aliphatic heterocycles. The number of hydrogen-bond donors (Lipinski definition) is 0. The minimum absolute atomic E-state index is 0.291. The SMILES string of the molecule is CCCCCCCCCC(=O)C(=O)Oc1ccccc1. The number of benzene rings is 1. The molecule has 1 aromatic rings. The third-order valence-electron chi connectivity index (χ3n) is 3.19. The molecule has 0 bridgehead atoms. The van der Waals surface area contributed by atoms with Gasteiger partial charge in [-0.25, -0.2) is 4.79 Å². The topological polar surface area (TPSA) is 43.4 Å². The summed E-state index contributed by atoms with van der Waals surface area (Å²) in [5.74, 6) is -0.755. The maximum absolute atomic E-state index is 11.6. The molecule has 1 aromatic carbocycles. The van der Waals surface area contributed by atoms with Gasteiger partial charge in [-0.1, -0.05) is 63.6 Å². The molecule has 20 heavy (non-hydrogen) atoms. The zero-order valence-electron chi connectivity index (χ0n) is 12.3. The van der Waals surface area contributed by atoms with E-state index >= 15 is 0 Å². The predicted molar refractivity (Wildman–Crippen MR) is 79.7 cm³/mol. The summed E-state index contributed by atoms with van der Waals surface area (Å²) in [7, 11) is 0. The van der Waals surface area contributed by atoms with Crippen LogP contribution in [0, 0.1) is 0 Å². The number of rotatable bonds is 10. The highest BCUT2D eigenvalue weighted by Crippen LogP contribution is 2.11. The lowest BCUT2D eigenvalue weighted by Gasteiger charge is -2.03. The van der Waals surface area contributed by atoms with E-state index in [1.54, 1.807) is 24.3 Å². The fourth-order valence-corrected chi connectivity index (χ4v) is 2.00. The van der Waals surface area contributed by atoms with Crippen molar-refractivity contribution in [2.45, 2.75) is 58.3 Å². The number of ketones is 1. The molecule has 0 aliphatic carbocycles. The van der Waals surface area contributed by atoms with Crippen LogP contribution >= 0.6 is 0 Å². The lowest BCUT2D eigenvalue weighted by Crippen LogP contribution is -2.20. The van der Waals surface area contributed by atoms with E-state index in [9.17, 15) is 9.59 Å². The fourth-order valence-electron chi connectivity index (χ4n) is 2.00. The van der Waals surface area contributed by atoms with Gasteiger partial charge in [-0.05, 0) is 18.6 Å². The molecule has 110 valence electrons. The van der Waals surface area contributed by atoms with Crippen LogP contribution < -0.4 is 4.74 Å². The molecule has 0 aromatic heterocycles. The number of esters is 1. The van der Waals surface area contributed by atoms with Crippen LogP contribution in [0.4, 0.5) is 0 Å². The average molecular weight is 276 g/mol. The van der Waals surface area contributed by atoms with Crippen molar-refractivity contribution >= 4 is 11.8 Å². The fraction of sp³-hybridized carbons (Fsp3) is 0.529. The van der Waals surface area contributed by atoms with E-state index < -0.39 is 11.8 Å². The molecule has 3 heteroatoms. The quantitative estimate of drug-likeness (QED) is 0.277. The summed E-state index contributed by atoms with van der Waals surface area (Å²) in [5.41, 5.74) is 0. The van der Waals surface area contributed by atoms with E-state index in [0.29, 0.717) is 12.2 Å². The smallest absolute Gasteiger partial charge is 0.379 e. The van der Waals surface area contributed by atoms with Crippen molar-refractivity contribution in [2.24, 2.45) is 0 Å². The van der Waals surface area contributed by atoms with Crippen molar-refractivity contribution in [3.05, 3.63) is 30.3 Å². The van der Waals surface area contributed by atoms with E-state index in [1.165, 1.54) is 25.7 Å². The summed E-state index contributed by atoms with van der Waals surface area (Å²) in [6, 6.07) is 8.70. The standard InChI is InChI=1S/C17H24O3/c1-2-3-4-5-6-7-11-14-16(18)17(19)20-15-12-9-8-10-13-15/h8-10,12-13H,2-7,11,14H2,1H3. The van der Waals surface area contributed by atoms with E-state index in [0.717, 1.165) is 19.3 Å². The normalized spacial score (nSPS) is 10.2. The van der Waals surface area contributed by atoms with Crippen molar-refractivity contribution in [2.75, 3.05) is 0 Å². The van der Waals surface area contributed by atoms with Crippen LogP contribution in [0.25, 0.3) is 0 Å². The van der Waals surface area contributed by atoms with Crippen LogP contribution in [-0.2, 0) is 9.59 Å². The van der Waals surface area contributed by atoms with Gasteiger partial charge in [0, 0.05) is 6.42 Å². The Bertz CT molecular complexity index is 398. The van der Waals surface area contributed by atoms with Gasteiger partial charge in [0.25, 0.3) is 0 Å². The van der Waals surface area contributed by atoms with Crippen LogP contribution in [0.15, 0.2) is 30.3 Å². The van der Waals surface area contributed by atoms with Gasteiger partial charge in [0.1, 0.15) is 5.75 Å². The van der Waals surface area contributed by atoms with Crippen molar-refractivity contribution in [3.63, 3.8) is 0 Å². The highest BCUT2D eigenvalue weighted by molar-refractivity contribution is 6.34. The van der Waals surface area contributed by atoms with Gasteiger partial charge < -0.3 is 4.74 Å². The molecule has 0 atom stereocenters. The molecule has 0 saturated heterocycles. The van der Waals surface area contributed by atoms with Gasteiger partial charge in [-0.15, -0.1) is 0 Å². The minimum atomic E-state index is -0.748. The lowest BCUT2D eigenvalue weighted by molar-refractivity contribution is -0.147. The number of Topliss-reactive ketones (excluding diaryl/α,β-unsaturated/α-hetero) is 1. The second-order valence-corrected chi connectivity index (χ2v) is 5.00. The molecule has 0 amide bonds. The summed E-state index contributed by atoms with van der Waals surface area (Å²) in [6.07, 6.45) is 8.21. The first-order valence-corrected chi connectivity index (χ1v) is 7.54. The maximum atomic E-state index is 11.6. The van der Waals surface area contributed by atoms with Crippen molar-refractivity contribution in [1.82, 2.24) is 0 Å². The van der Waals surface area contributed by atoms with Crippen LogP contribution in [-0.4, -0.2) is 11.8 Å². The molecule has 0 aliphatic rings. The first-order valence-electron chi connectivity index (χ1n) is 7.54. The Hall–Kier alpha value is -1.64. The highest BCUT2D eigenvalue weighted by atomic mass is 16.5. The van der Waals surface area contributed by atoms with E-state index in [1.807, 2.05) is 6.07 Å². The summed E-state index contributed by atoms with van der Waals surface area (Å²) in [5, 5.41) is 0. The second kappa shape index (κ2) is 10.2. The van der Waals surface area contributed by atoms with E-state index in [-0.39, 0.29) is 0 Å². The number of carbonyl (C=O) groups is 2. The highest BCUT2D eigenvalue weighted by Gasteiger charge is 2.15. The molecule has 0 heterocycles. The first kappa shape index (κ1) is 16.4. The summed E-state index contributed by atoms with van der Waals surface area (Å²) < 4.78 is 5.00. The first-order chi connectivity index (χ1) is 9.74. The second-order valence-electron chi connectivity index (χ2n) is 5.00. The van der Waals surface area contributed by atoms with Crippen molar-refractivity contribution in [1.29, 1.82) is 0 Å². The Morgan fingerprint density at radius 1 is 0.900 bits per heavy atom. The van der Waals surface area contributed by atoms with Crippen LogP contribution in [0.1, 0.15) is 58.3 Å². The Labute approximate surface area is 121 Å². The third kappa shape index (κ3) is 7.07. The summed E-state index contributed by atoms with van der Waals surface area (Å²) >= 11 is 0. The lowest BCUT2D eigenvalue weighted by atomic mass is 10.1. The summed E-state index contributed by atoms with van der Waals surface area (Å²) in [6.45, 7) is 2.19. The number of ether oxygens (including phenoxy) is 1. The van der Waals surface area contributed by atoms with Gasteiger partial charge in [0.05, 0.1) is 0 Å². The molecule has 0 radical (unpaired) electrons. The maximum Gasteiger partial charge on any atom is 0.379 e. The van der Waals surface area contributed by atoms with Gasteiger partial charge in [-0.2, -0.15) is 0 Å². The molecule has 0 saturated carbocycles. The van der Waals surface area contributed by atoms with Crippen LogP contribution in [0.3, 0.4) is 0 Å². The predicted octanol–water partition coefficient (Wildman–Crippen LogP) is 4.30. The van der Waals surface area contributed by atoms with Gasteiger partial charge in [0.15, 0.2) is 0 Å². The number of para-hydroxylation sites is 1. The van der Waals surface area contributed by atoms with E-state index in [4.69, 9.17) is 4.74 Å². The van der Waals surface area contributed by atoms with Gasteiger partial charge in [-0.3, -0.25) is 4.79 Å². The molecule has 0 fully saturated rings.